The van der Waals surface area contributed by atoms with Crippen LogP contribution in [0.1, 0.15) is 51.2 Å². The number of aromatic nitrogens is 2. The van der Waals surface area contributed by atoms with Gasteiger partial charge in [-0.15, -0.1) is 0 Å². The highest BCUT2D eigenvalue weighted by Crippen LogP contribution is 2.38. The first-order valence-corrected chi connectivity index (χ1v) is 9.04. The molecule has 148 valence electrons. The van der Waals surface area contributed by atoms with Gasteiger partial charge in [0.2, 0.25) is 0 Å². The molecule has 0 saturated carbocycles. The summed E-state index contributed by atoms with van der Waals surface area (Å²) in [5, 5.41) is 0. The zero-order chi connectivity index (χ0) is 20.2. The van der Waals surface area contributed by atoms with Crippen molar-refractivity contribution in [3.8, 4) is 6.01 Å². The summed E-state index contributed by atoms with van der Waals surface area (Å²) in [7, 11) is 1.56. The zero-order valence-corrected chi connectivity index (χ0v) is 16.3. The van der Waals surface area contributed by atoms with Gasteiger partial charge in [0.25, 0.3) is 0 Å². The number of anilines is 2. The van der Waals surface area contributed by atoms with Crippen LogP contribution in [0.4, 0.5) is 24.7 Å². The Kier molecular flexibility index (Phi) is 6.68. The molecule has 0 aliphatic rings. The van der Waals surface area contributed by atoms with Crippen LogP contribution >= 0.6 is 0 Å². The molecule has 0 radical (unpaired) electrons. The number of hydrogen-bond acceptors (Lipinski definition) is 4. The SMILES string of the molecule is CCC(C)c1ccc(N(C)c2nc(OCC(C)C)ncc2C(F)(F)F)cc1. The molecule has 0 aliphatic heterocycles. The predicted octanol–water partition coefficient (Wildman–Crippen LogP) is 5.81. The lowest BCUT2D eigenvalue weighted by Gasteiger charge is -2.23. The lowest BCUT2D eigenvalue weighted by Crippen LogP contribution is -2.20. The van der Waals surface area contributed by atoms with Crippen LogP contribution in [0.25, 0.3) is 0 Å². The molecule has 0 spiro atoms. The monoisotopic (exact) mass is 381 g/mol. The molecule has 1 atom stereocenters. The molecule has 27 heavy (non-hydrogen) atoms. The van der Waals surface area contributed by atoms with Crippen molar-refractivity contribution in [1.82, 2.24) is 9.97 Å². The topological polar surface area (TPSA) is 38.2 Å². The van der Waals surface area contributed by atoms with E-state index in [4.69, 9.17) is 4.74 Å². The van der Waals surface area contributed by atoms with Crippen molar-refractivity contribution in [3.63, 3.8) is 0 Å². The first-order valence-electron chi connectivity index (χ1n) is 9.04. The minimum absolute atomic E-state index is 0.0604. The van der Waals surface area contributed by atoms with Gasteiger partial charge in [0, 0.05) is 18.9 Å². The van der Waals surface area contributed by atoms with Crippen LogP contribution < -0.4 is 9.64 Å². The Morgan fingerprint density at radius 1 is 1.11 bits per heavy atom. The third-order valence-corrected chi connectivity index (χ3v) is 4.38. The molecule has 2 aromatic rings. The van der Waals surface area contributed by atoms with Gasteiger partial charge in [-0.2, -0.15) is 18.2 Å². The fourth-order valence-electron chi connectivity index (χ4n) is 2.51. The summed E-state index contributed by atoms with van der Waals surface area (Å²) in [5.41, 5.74) is 0.864. The Morgan fingerprint density at radius 3 is 2.26 bits per heavy atom. The number of benzene rings is 1. The molecule has 1 aromatic carbocycles. The molecular formula is C20H26F3N3O. The van der Waals surface area contributed by atoms with Gasteiger partial charge in [-0.05, 0) is 36.0 Å². The van der Waals surface area contributed by atoms with Gasteiger partial charge in [0.1, 0.15) is 5.56 Å². The van der Waals surface area contributed by atoms with Crippen molar-refractivity contribution in [2.75, 3.05) is 18.6 Å². The maximum Gasteiger partial charge on any atom is 0.421 e. The van der Waals surface area contributed by atoms with Crippen molar-refractivity contribution in [2.45, 2.75) is 46.2 Å². The molecule has 1 unspecified atom stereocenters. The van der Waals surface area contributed by atoms with E-state index in [1.807, 2.05) is 26.0 Å². The summed E-state index contributed by atoms with van der Waals surface area (Å²) in [6.45, 7) is 8.42. The lowest BCUT2D eigenvalue weighted by atomic mass is 9.98. The minimum atomic E-state index is -4.56. The summed E-state index contributed by atoms with van der Waals surface area (Å²) in [6, 6.07) is 7.42. The Bertz CT molecular complexity index is 745. The standard InChI is InChI=1S/C20H26F3N3O/c1-6-14(4)15-7-9-16(10-8-15)26(5)18-17(20(21,22)23)11-24-19(25-18)27-12-13(2)3/h7-11,13-14H,6,12H2,1-5H3. The molecule has 7 heteroatoms. The van der Waals surface area contributed by atoms with Crippen LogP contribution in [0.15, 0.2) is 30.5 Å². The minimum Gasteiger partial charge on any atom is -0.463 e. The molecule has 4 nitrogen and oxygen atoms in total. The Morgan fingerprint density at radius 2 is 1.74 bits per heavy atom. The molecule has 0 aliphatic carbocycles. The summed E-state index contributed by atoms with van der Waals surface area (Å²) in [6.07, 6.45) is -2.78. The van der Waals surface area contributed by atoms with Crippen molar-refractivity contribution in [2.24, 2.45) is 5.92 Å². The van der Waals surface area contributed by atoms with E-state index in [-0.39, 0.29) is 17.7 Å². The van der Waals surface area contributed by atoms with Crippen LogP contribution in [0.2, 0.25) is 0 Å². The smallest absolute Gasteiger partial charge is 0.421 e. The second kappa shape index (κ2) is 8.59. The van der Waals surface area contributed by atoms with Crippen LogP contribution in [0.3, 0.4) is 0 Å². The van der Waals surface area contributed by atoms with Gasteiger partial charge < -0.3 is 9.64 Å². The van der Waals surface area contributed by atoms with Gasteiger partial charge >= 0.3 is 12.2 Å². The van der Waals surface area contributed by atoms with Crippen molar-refractivity contribution in [3.05, 3.63) is 41.6 Å². The quantitative estimate of drug-likeness (QED) is 0.606. The summed E-state index contributed by atoms with van der Waals surface area (Å²) in [4.78, 5) is 9.17. The van der Waals surface area contributed by atoms with Gasteiger partial charge in [-0.3, -0.25) is 0 Å². The molecule has 0 fully saturated rings. The fourth-order valence-corrected chi connectivity index (χ4v) is 2.51. The highest BCUT2D eigenvalue weighted by atomic mass is 19.4. The Hall–Kier alpha value is -2.31. The second-order valence-corrected chi connectivity index (χ2v) is 7.05. The van der Waals surface area contributed by atoms with E-state index < -0.39 is 11.7 Å². The highest BCUT2D eigenvalue weighted by Gasteiger charge is 2.36. The van der Waals surface area contributed by atoms with E-state index in [0.29, 0.717) is 18.2 Å². The van der Waals surface area contributed by atoms with Gasteiger partial charge in [0.15, 0.2) is 5.82 Å². The number of rotatable bonds is 7. The summed E-state index contributed by atoms with van der Waals surface area (Å²) >= 11 is 0. The number of hydrogen-bond donors (Lipinski definition) is 0. The molecule has 1 aromatic heterocycles. The normalized spacial score (nSPS) is 12.9. The maximum absolute atomic E-state index is 13.4. The van der Waals surface area contributed by atoms with Crippen LogP contribution in [0.5, 0.6) is 6.01 Å². The average molecular weight is 381 g/mol. The van der Waals surface area contributed by atoms with E-state index in [1.165, 1.54) is 4.90 Å². The van der Waals surface area contributed by atoms with Crippen LogP contribution in [-0.2, 0) is 6.18 Å². The van der Waals surface area contributed by atoms with Gasteiger partial charge in [-0.25, -0.2) is 4.98 Å². The van der Waals surface area contributed by atoms with E-state index >= 15 is 0 Å². The lowest BCUT2D eigenvalue weighted by molar-refractivity contribution is -0.137. The third kappa shape index (κ3) is 5.34. The number of halogens is 3. The summed E-state index contributed by atoms with van der Waals surface area (Å²) in [5.74, 6) is 0.378. The zero-order valence-electron chi connectivity index (χ0n) is 16.3. The summed E-state index contributed by atoms with van der Waals surface area (Å²) < 4.78 is 45.7. The first kappa shape index (κ1) is 21.0. The van der Waals surface area contributed by atoms with Crippen molar-refractivity contribution >= 4 is 11.5 Å². The molecular weight excluding hydrogens is 355 g/mol. The average Bonchev–Trinajstić information content (AvgIpc) is 2.64. The third-order valence-electron chi connectivity index (χ3n) is 4.38. The predicted molar refractivity (Wildman–Crippen MR) is 101 cm³/mol. The van der Waals surface area contributed by atoms with E-state index in [1.54, 1.807) is 19.2 Å². The largest absolute Gasteiger partial charge is 0.463 e. The van der Waals surface area contributed by atoms with E-state index in [9.17, 15) is 13.2 Å². The van der Waals surface area contributed by atoms with Crippen molar-refractivity contribution in [1.29, 1.82) is 0 Å². The molecule has 0 amide bonds. The number of ether oxygens (including phenoxy) is 1. The van der Waals surface area contributed by atoms with Crippen LogP contribution in [-0.4, -0.2) is 23.6 Å². The molecule has 0 saturated heterocycles. The van der Waals surface area contributed by atoms with E-state index in [0.717, 1.165) is 18.2 Å². The van der Waals surface area contributed by atoms with Crippen LogP contribution in [0, 0.1) is 5.92 Å². The maximum atomic E-state index is 13.4. The molecule has 2 rings (SSSR count). The fraction of sp³-hybridized carbons (Fsp3) is 0.500. The number of alkyl halides is 3. The molecule has 1 heterocycles. The molecule has 0 N–H and O–H groups in total. The molecule has 0 bridgehead atoms. The first-order chi connectivity index (χ1) is 12.6. The van der Waals surface area contributed by atoms with Gasteiger partial charge in [0.05, 0.1) is 6.61 Å². The van der Waals surface area contributed by atoms with E-state index in [2.05, 4.69) is 23.8 Å². The Labute approximate surface area is 158 Å². The second-order valence-electron chi connectivity index (χ2n) is 7.05. The van der Waals surface area contributed by atoms with Gasteiger partial charge in [-0.1, -0.05) is 39.8 Å². The Balaban J connectivity index is 2.39. The highest BCUT2D eigenvalue weighted by molar-refractivity contribution is 5.63. The number of nitrogens with zero attached hydrogens (tertiary/aromatic N) is 3. The van der Waals surface area contributed by atoms with Crippen molar-refractivity contribution < 1.29 is 17.9 Å².